The van der Waals surface area contributed by atoms with Crippen LogP contribution in [0, 0.1) is 6.92 Å². The zero-order chi connectivity index (χ0) is 23.7. The zero-order valence-electron chi connectivity index (χ0n) is 18.2. The molecule has 2 fully saturated rings. The zero-order valence-corrected chi connectivity index (χ0v) is 18.9. The van der Waals surface area contributed by atoms with Crippen LogP contribution in [0.15, 0.2) is 58.7 Å². The number of nitrogens with one attached hydrogen (secondary N) is 2. The molecule has 6 nitrogen and oxygen atoms in total. The molecule has 3 aliphatic rings. The van der Waals surface area contributed by atoms with Crippen LogP contribution >= 0.6 is 11.6 Å². The Labute approximate surface area is 198 Å². The molecule has 3 heterocycles. The fourth-order valence-electron chi connectivity index (χ4n) is 4.56. The van der Waals surface area contributed by atoms with Gasteiger partial charge in [0.25, 0.3) is 5.56 Å². The minimum Gasteiger partial charge on any atom is -0.395 e. The van der Waals surface area contributed by atoms with Crippen molar-refractivity contribution in [3.8, 4) is 22.8 Å². The molecule has 0 spiro atoms. The van der Waals surface area contributed by atoms with Crippen molar-refractivity contribution in [2.75, 3.05) is 5.32 Å². The van der Waals surface area contributed by atoms with E-state index in [0.29, 0.717) is 17.1 Å². The van der Waals surface area contributed by atoms with Crippen molar-refractivity contribution in [2.45, 2.75) is 44.3 Å². The second-order valence-corrected chi connectivity index (χ2v) is 9.29. The van der Waals surface area contributed by atoms with Gasteiger partial charge in [-0.15, -0.1) is 8.78 Å². The van der Waals surface area contributed by atoms with E-state index in [9.17, 15) is 13.6 Å². The largest absolute Gasteiger partial charge is 0.586 e. The molecule has 0 atom stereocenters. The monoisotopic (exact) mass is 483 g/mol. The molecule has 9 heteroatoms. The first-order valence-electron chi connectivity index (χ1n) is 11.0. The molecule has 0 amide bonds. The molecule has 2 aliphatic carbocycles. The number of nitrogens with zero attached hydrogens (tertiary/aromatic N) is 1. The molecule has 1 aromatic carbocycles. The van der Waals surface area contributed by atoms with Gasteiger partial charge in [0.05, 0.1) is 5.69 Å². The summed E-state index contributed by atoms with van der Waals surface area (Å²) in [5.74, 6) is 0.719. The first-order valence-corrected chi connectivity index (χ1v) is 11.4. The topological polar surface area (TPSA) is 76.2 Å². The summed E-state index contributed by atoms with van der Waals surface area (Å²) in [6.07, 6.45) is 1.62. The maximum atomic E-state index is 13.5. The summed E-state index contributed by atoms with van der Waals surface area (Å²) < 4.78 is 36.3. The van der Waals surface area contributed by atoms with Crippen LogP contribution in [0.2, 0.25) is 5.02 Å². The maximum Gasteiger partial charge on any atom is 0.586 e. The Morgan fingerprint density at radius 3 is 2.62 bits per heavy atom. The standard InChI is InChI=1S/C25H20ClF2N3O3/c1-13-2-7-19(30-21(13)16-8-11-29-23(32)20(16)26)31-22(14-3-4-14)24(9-10-24)15-5-6-17-18(12-15)34-25(27,28)33-17/h2,5-8,11-12H,3-4,9-10H2,1H3,(H,29,32)(H,30,31). The van der Waals surface area contributed by atoms with Crippen molar-refractivity contribution >= 4 is 17.4 Å². The van der Waals surface area contributed by atoms with Crippen LogP contribution in [0.1, 0.15) is 36.8 Å². The number of halogens is 3. The van der Waals surface area contributed by atoms with E-state index in [-0.39, 0.29) is 27.5 Å². The van der Waals surface area contributed by atoms with Crippen molar-refractivity contribution in [3.05, 3.63) is 80.4 Å². The van der Waals surface area contributed by atoms with Crippen LogP contribution in [0.4, 0.5) is 14.6 Å². The van der Waals surface area contributed by atoms with E-state index in [1.54, 1.807) is 18.3 Å². The molecule has 0 saturated heterocycles. The lowest BCUT2D eigenvalue weighted by Crippen LogP contribution is -2.26. The van der Waals surface area contributed by atoms with Gasteiger partial charge in [-0.2, -0.15) is 0 Å². The van der Waals surface area contributed by atoms with Crippen LogP contribution < -0.4 is 20.3 Å². The first kappa shape index (κ1) is 21.2. The highest BCUT2D eigenvalue weighted by atomic mass is 35.5. The Hall–Kier alpha value is -3.39. The number of hydrogen-bond acceptors (Lipinski definition) is 5. The van der Waals surface area contributed by atoms with Gasteiger partial charge in [0, 0.05) is 22.9 Å². The van der Waals surface area contributed by atoms with Gasteiger partial charge in [0.15, 0.2) is 11.5 Å². The average Bonchev–Trinajstić information content (AvgIpc) is 3.71. The summed E-state index contributed by atoms with van der Waals surface area (Å²) >= 11 is 6.26. The van der Waals surface area contributed by atoms with E-state index in [1.807, 2.05) is 25.1 Å². The van der Waals surface area contributed by atoms with Gasteiger partial charge in [-0.25, -0.2) is 4.98 Å². The number of ether oxygens (including phenoxy) is 2. The van der Waals surface area contributed by atoms with E-state index in [4.69, 9.17) is 16.6 Å². The van der Waals surface area contributed by atoms with Crippen LogP contribution in [-0.2, 0) is 5.41 Å². The van der Waals surface area contributed by atoms with Crippen molar-refractivity contribution in [1.82, 2.24) is 9.97 Å². The minimum absolute atomic E-state index is 0.0395. The molecular formula is C25H20ClF2N3O3. The van der Waals surface area contributed by atoms with Gasteiger partial charge in [-0.1, -0.05) is 23.7 Å². The normalized spacial score (nSPS) is 18.5. The lowest BCUT2D eigenvalue weighted by atomic mass is 9.91. The van der Waals surface area contributed by atoms with E-state index >= 15 is 0 Å². The summed E-state index contributed by atoms with van der Waals surface area (Å²) in [4.78, 5) is 19.3. The lowest BCUT2D eigenvalue weighted by molar-refractivity contribution is -0.286. The molecule has 2 aromatic heterocycles. The molecular weight excluding hydrogens is 464 g/mol. The van der Waals surface area contributed by atoms with Gasteiger partial charge >= 0.3 is 6.29 Å². The van der Waals surface area contributed by atoms with Crippen LogP contribution in [0.3, 0.4) is 0 Å². The predicted molar refractivity (Wildman–Crippen MR) is 123 cm³/mol. The highest BCUT2D eigenvalue weighted by molar-refractivity contribution is 6.33. The Morgan fingerprint density at radius 1 is 1.12 bits per heavy atom. The van der Waals surface area contributed by atoms with Crippen LogP contribution in [-0.4, -0.2) is 16.3 Å². The third kappa shape index (κ3) is 3.53. The summed E-state index contributed by atoms with van der Waals surface area (Å²) in [6, 6.07) is 10.6. The van der Waals surface area contributed by atoms with Gasteiger partial charge in [0.1, 0.15) is 10.8 Å². The molecule has 34 heavy (non-hydrogen) atoms. The second-order valence-electron chi connectivity index (χ2n) is 8.91. The van der Waals surface area contributed by atoms with Crippen molar-refractivity contribution in [1.29, 1.82) is 0 Å². The van der Waals surface area contributed by atoms with E-state index in [1.165, 1.54) is 11.6 Å². The molecule has 3 aromatic rings. The Kier molecular flexibility index (Phi) is 4.55. The molecule has 0 bridgehead atoms. The summed E-state index contributed by atoms with van der Waals surface area (Å²) in [5, 5.41) is 3.61. The number of aryl methyl sites for hydroxylation is 1. The third-order valence-corrected chi connectivity index (χ3v) is 6.92. The van der Waals surface area contributed by atoms with Crippen molar-refractivity contribution in [3.63, 3.8) is 0 Å². The molecule has 6 rings (SSSR count). The quantitative estimate of drug-likeness (QED) is 0.471. The Balaban J connectivity index is 1.36. The molecule has 2 N–H and O–H groups in total. The molecule has 2 saturated carbocycles. The maximum absolute atomic E-state index is 13.5. The Morgan fingerprint density at radius 2 is 1.88 bits per heavy atom. The number of alkyl halides is 2. The van der Waals surface area contributed by atoms with Gasteiger partial charge in [-0.05, 0) is 73.6 Å². The number of pyridine rings is 2. The van der Waals surface area contributed by atoms with Crippen LogP contribution in [0.5, 0.6) is 11.5 Å². The fourth-order valence-corrected chi connectivity index (χ4v) is 4.76. The fraction of sp³-hybridized carbons (Fsp3) is 0.280. The molecule has 1 aliphatic heterocycles. The number of fused-ring (bicyclic) bond motifs is 1. The van der Waals surface area contributed by atoms with Crippen molar-refractivity contribution < 1.29 is 18.3 Å². The average molecular weight is 484 g/mol. The first-order chi connectivity index (χ1) is 16.3. The van der Waals surface area contributed by atoms with E-state index in [0.717, 1.165) is 42.5 Å². The summed E-state index contributed by atoms with van der Waals surface area (Å²) in [6.45, 7) is 1.91. The van der Waals surface area contributed by atoms with Gasteiger partial charge < -0.3 is 19.8 Å². The highest BCUT2D eigenvalue weighted by Gasteiger charge is 2.51. The molecule has 174 valence electrons. The number of aromatic nitrogens is 2. The number of rotatable bonds is 5. The van der Waals surface area contributed by atoms with E-state index in [2.05, 4.69) is 19.8 Å². The molecule has 0 unspecified atom stereocenters. The number of aromatic amines is 1. The highest BCUT2D eigenvalue weighted by Crippen LogP contribution is 2.58. The van der Waals surface area contributed by atoms with Gasteiger partial charge in [0.2, 0.25) is 0 Å². The smallest absolute Gasteiger partial charge is 0.395 e. The Bertz CT molecular complexity index is 1420. The minimum atomic E-state index is -3.64. The molecule has 0 radical (unpaired) electrons. The van der Waals surface area contributed by atoms with Crippen LogP contribution in [0.25, 0.3) is 11.3 Å². The number of allylic oxidation sites excluding steroid dienone is 2. The number of hydrogen-bond donors (Lipinski definition) is 2. The second kappa shape index (κ2) is 7.30. The number of anilines is 1. The van der Waals surface area contributed by atoms with Crippen molar-refractivity contribution in [2.24, 2.45) is 0 Å². The van der Waals surface area contributed by atoms with Gasteiger partial charge in [-0.3, -0.25) is 4.79 Å². The number of H-pyrrole nitrogens is 1. The third-order valence-electron chi connectivity index (χ3n) is 6.54. The summed E-state index contributed by atoms with van der Waals surface area (Å²) in [5.41, 5.74) is 4.63. The predicted octanol–water partition coefficient (Wildman–Crippen LogP) is 5.91. The lowest BCUT2D eigenvalue weighted by Gasteiger charge is -2.22. The number of benzene rings is 1. The van der Waals surface area contributed by atoms with E-state index < -0.39 is 6.29 Å². The summed E-state index contributed by atoms with van der Waals surface area (Å²) in [7, 11) is 0. The SMILES string of the molecule is Cc1ccc(NC(=C2CC2)C2(c3ccc4c(c3)OC(F)(F)O4)CC2)nc1-c1cc[nH]c(=O)c1Cl.